The Morgan fingerprint density at radius 1 is 0.906 bits per heavy atom. The van der Waals surface area contributed by atoms with Gasteiger partial charge in [0.1, 0.15) is 0 Å². The predicted molar refractivity (Wildman–Crippen MR) is 126 cm³/mol. The second-order valence-electron chi connectivity index (χ2n) is 11.4. The van der Waals surface area contributed by atoms with Crippen molar-refractivity contribution < 1.29 is 9.59 Å². The predicted octanol–water partition coefficient (Wildman–Crippen LogP) is 4.07. The molecule has 176 valence electrons. The highest BCUT2D eigenvalue weighted by atomic mass is 16.2. The molecule has 1 spiro atoms. The van der Waals surface area contributed by atoms with Gasteiger partial charge in [-0.3, -0.25) is 9.59 Å². The summed E-state index contributed by atoms with van der Waals surface area (Å²) in [5.41, 5.74) is 12.4. The number of nitrogens with zero attached hydrogens (tertiary/aromatic N) is 1. The van der Waals surface area contributed by atoms with Crippen LogP contribution in [0.4, 0.5) is 0 Å². The minimum Gasteiger partial charge on any atom is -0.369 e. The van der Waals surface area contributed by atoms with Crippen LogP contribution in [-0.2, 0) is 9.59 Å². The highest BCUT2D eigenvalue weighted by molar-refractivity contribution is 5.95. The molecule has 32 heavy (non-hydrogen) atoms. The molecule has 5 heteroatoms. The molecule has 0 aromatic carbocycles. The third-order valence-corrected chi connectivity index (χ3v) is 10.0. The number of unbranched alkanes of at least 4 members (excludes halogenated alkanes) is 1. The number of allylic oxidation sites excluding steroid dienone is 4. The van der Waals surface area contributed by atoms with Gasteiger partial charge in [0.05, 0.1) is 10.8 Å². The fourth-order valence-electron chi connectivity index (χ4n) is 8.41. The Morgan fingerprint density at radius 2 is 1.56 bits per heavy atom. The zero-order valence-electron chi connectivity index (χ0n) is 19.6. The molecule has 0 aromatic heterocycles. The van der Waals surface area contributed by atoms with Gasteiger partial charge < -0.3 is 16.4 Å². The van der Waals surface area contributed by atoms with E-state index in [1.807, 2.05) is 0 Å². The summed E-state index contributed by atoms with van der Waals surface area (Å²) in [4.78, 5) is 29.3. The van der Waals surface area contributed by atoms with E-state index in [0.29, 0.717) is 12.8 Å². The third kappa shape index (κ3) is 3.13. The van der Waals surface area contributed by atoms with Crippen LogP contribution in [0.25, 0.3) is 0 Å². The van der Waals surface area contributed by atoms with Crippen molar-refractivity contribution in [3.63, 3.8) is 0 Å². The van der Waals surface area contributed by atoms with Gasteiger partial charge in [0.2, 0.25) is 11.8 Å². The van der Waals surface area contributed by atoms with E-state index in [1.54, 1.807) is 0 Å². The van der Waals surface area contributed by atoms with Crippen LogP contribution in [0.3, 0.4) is 0 Å². The molecule has 3 fully saturated rings. The lowest BCUT2D eigenvalue weighted by Crippen LogP contribution is -2.59. The second kappa shape index (κ2) is 8.30. The van der Waals surface area contributed by atoms with Crippen molar-refractivity contribution in [3.8, 4) is 0 Å². The fraction of sp³-hybridized carbons (Fsp3) is 0.778. The number of likely N-dealkylation sites (tertiary alicyclic amines) is 1. The van der Waals surface area contributed by atoms with Crippen LogP contribution in [0.15, 0.2) is 23.8 Å². The molecular weight excluding hydrogens is 398 g/mol. The van der Waals surface area contributed by atoms with Crippen LogP contribution in [0.1, 0.15) is 83.5 Å². The summed E-state index contributed by atoms with van der Waals surface area (Å²) in [6, 6.07) is 0. The van der Waals surface area contributed by atoms with E-state index in [2.05, 4.69) is 23.1 Å². The molecule has 2 amide bonds. The first-order valence-electron chi connectivity index (χ1n) is 13.2. The molecule has 0 radical (unpaired) electrons. The standard InChI is InChI=1S/C27H41N3O2/c28-23(31)26(13-4-5-17-30-18-6-7-19-30)21-10-11-22(25(21)15-16-25)27(26,24(29)32)14-12-20-8-2-1-3-9-20/h8,10-11,21-22H,1-7,9,12-19H2,(H2,28,31)(H2,29,32)/t21-,22+,26+,27+/m1/s1. The molecule has 1 heterocycles. The van der Waals surface area contributed by atoms with Crippen molar-refractivity contribution in [1.29, 1.82) is 0 Å². The maximum Gasteiger partial charge on any atom is 0.225 e. The highest BCUT2D eigenvalue weighted by Gasteiger charge is 2.81. The van der Waals surface area contributed by atoms with E-state index >= 15 is 0 Å². The second-order valence-corrected chi connectivity index (χ2v) is 11.4. The number of nitrogens with two attached hydrogens (primary N) is 2. The number of amides is 2. The van der Waals surface area contributed by atoms with E-state index in [4.69, 9.17) is 11.5 Å². The van der Waals surface area contributed by atoms with Gasteiger partial charge in [0.25, 0.3) is 0 Å². The third-order valence-electron chi connectivity index (χ3n) is 10.0. The quantitative estimate of drug-likeness (QED) is 0.397. The van der Waals surface area contributed by atoms with E-state index in [-0.39, 0.29) is 29.1 Å². The smallest absolute Gasteiger partial charge is 0.225 e. The molecule has 4 atom stereocenters. The Hall–Kier alpha value is -1.62. The summed E-state index contributed by atoms with van der Waals surface area (Å²) in [5.74, 6) is -0.404. The van der Waals surface area contributed by atoms with Gasteiger partial charge in [-0.2, -0.15) is 0 Å². The Labute approximate surface area is 193 Å². The molecule has 1 aliphatic heterocycles. The molecule has 5 aliphatic rings. The van der Waals surface area contributed by atoms with Crippen molar-refractivity contribution in [3.05, 3.63) is 23.8 Å². The maximum atomic E-state index is 13.4. The van der Waals surface area contributed by atoms with E-state index < -0.39 is 10.8 Å². The highest BCUT2D eigenvalue weighted by Crippen LogP contribution is 2.81. The van der Waals surface area contributed by atoms with E-state index in [1.165, 1.54) is 44.3 Å². The van der Waals surface area contributed by atoms with Crippen LogP contribution in [-0.4, -0.2) is 36.3 Å². The number of hydrogen-bond donors (Lipinski definition) is 2. The average molecular weight is 440 g/mol. The summed E-state index contributed by atoms with van der Waals surface area (Å²) < 4.78 is 0. The van der Waals surface area contributed by atoms with Crippen LogP contribution in [0.5, 0.6) is 0 Å². The maximum absolute atomic E-state index is 13.4. The van der Waals surface area contributed by atoms with Crippen molar-refractivity contribution >= 4 is 11.8 Å². The summed E-state index contributed by atoms with van der Waals surface area (Å²) in [7, 11) is 0. The van der Waals surface area contributed by atoms with Crippen LogP contribution in [0.2, 0.25) is 0 Å². The van der Waals surface area contributed by atoms with Crippen molar-refractivity contribution in [2.45, 2.75) is 83.5 Å². The normalized spacial score (nSPS) is 37.2. The SMILES string of the molecule is NC(=O)[C@]1(CCCCN2CCCC2)[C@@H]2C=C[C@@H](C23CC3)[C@@]1(CCC1=CCCCC1)C(N)=O. The van der Waals surface area contributed by atoms with Gasteiger partial charge in [0.15, 0.2) is 0 Å². The number of hydrogen-bond acceptors (Lipinski definition) is 3. The molecule has 1 saturated heterocycles. The molecule has 0 aromatic rings. The lowest BCUT2D eigenvalue weighted by atomic mass is 9.53. The summed E-state index contributed by atoms with van der Waals surface area (Å²) in [6.45, 7) is 3.47. The Balaban J connectivity index is 1.43. The fourth-order valence-corrected chi connectivity index (χ4v) is 8.41. The van der Waals surface area contributed by atoms with E-state index in [9.17, 15) is 9.59 Å². The first kappa shape index (κ1) is 22.2. The molecule has 0 unspecified atom stereocenters. The van der Waals surface area contributed by atoms with Gasteiger partial charge >= 0.3 is 0 Å². The van der Waals surface area contributed by atoms with Gasteiger partial charge in [-0.15, -0.1) is 0 Å². The monoisotopic (exact) mass is 439 g/mol. The Bertz CT molecular complexity index is 823. The van der Waals surface area contributed by atoms with Crippen molar-refractivity contribution in [2.24, 2.45) is 39.5 Å². The van der Waals surface area contributed by atoms with Crippen molar-refractivity contribution in [2.75, 3.05) is 19.6 Å². The summed E-state index contributed by atoms with van der Waals surface area (Å²) in [6.07, 6.45) is 20.6. The molecule has 5 nitrogen and oxygen atoms in total. The summed E-state index contributed by atoms with van der Waals surface area (Å²) in [5, 5.41) is 0. The molecule has 5 rings (SSSR count). The Kier molecular flexibility index (Phi) is 5.76. The van der Waals surface area contributed by atoms with Crippen LogP contribution >= 0.6 is 0 Å². The minimum absolute atomic E-state index is 0.0555. The lowest BCUT2D eigenvalue weighted by molar-refractivity contribution is -0.152. The molecule has 2 saturated carbocycles. The first-order chi connectivity index (χ1) is 15.5. The molecule has 4 aliphatic carbocycles. The number of primary amides is 2. The van der Waals surface area contributed by atoms with Crippen LogP contribution < -0.4 is 11.5 Å². The number of carbonyl (C=O) groups excluding carboxylic acids is 2. The molecular formula is C27H41N3O2. The van der Waals surface area contributed by atoms with E-state index in [0.717, 1.165) is 51.5 Å². The number of rotatable bonds is 10. The van der Waals surface area contributed by atoms with Gasteiger partial charge in [0, 0.05) is 0 Å². The van der Waals surface area contributed by atoms with Gasteiger partial charge in [-0.05, 0) is 114 Å². The number of carbonyl (C=O) groups is 2. The Morgan fingerprint density at radius 3 is 2.12 bits per heavy atom. The molecule has 2 bridgehead atoms. The van der Waals surface area contributed by atoms with Crippen molar-refractivity contribution in [1.82, 2.24) is 4.90 Å². The zero-order valence-corrected chi connectivity index (χ0v) is 19.6. The molecule has 4 N–H and O–H groups in total. The van der Waals surface area contributed by atoms with Gasteiger partial charge in [-0.25, -0.2) is 0 Å². The zero-order chi connectivity index (χ0) is 22.4. The summed E-state index contributed by atoms with van der Waals surface area (Å²) >= 11 is 0. The first-order valence-corrected chi connectivity index (χ1v) is 13.2. The van der Waals surface area contributed by atoms with Gasteiger partial charge in [-0.1, -0.05) is 30.2 Å². The topological polar surface area (TPSA) is 89.4 Å². The lowest BCUT2D eigenvalue weighted by Gasteiger charge is -2.48. The largest absolute Gasteiger partial charge is 0.369 e. The average Bonchev–Trinajstić information content (AvgIpc) is 3.15. The minimum atomic E-state index is -0.833. The van der Waals surface area contributed by atoms with Crippen LogP contribution in [0, 0.1) is 28.1 Å².